The van der Waals surface area contributed by atoms with Crippen LogP contribution in [0.4, 0.5) is 4.39 Å². The van der Waals surface area contributed by atoms with Gasteiger partial charge in [-0.05, 0) is 30.5 Å². The van der Waals surface area contributed by atoms with Gasteiger partial charge in [0.25, 0.3) is 0 Å². The predicted molar refractivity (Wildman–Crippen MR) is 106 cm³/mol. The molecule has 3 aromatic rings. The Morgan fingerprint density at radius 2 is 1.35 bits per heavy atom. The monoisotopic (exact) mass is 348 g/mol. The summed E-state index contributed by atoms with van der Waals surface area (Å²) in [5.41, 5.74) is 2.79. The zero-order valence-corrected chi connectivity index (χ0v) is 15.2. The number of carbonyl (C=O) groups is 1. The van der Waals surface area contributed by atoms with Crippen molar-refractivity contribution in [3.63, 3.8) is 0 Å². The van der Waals surface area contributed by atoms with Crippen LogP contribution in [0.3, 0.4) is 0 Å². The van der Waals surface area contributed by atoms with E-state index in [9.17, 15) is 9.18 Å². The SMILES string of the molecule is CCCCCc1ccccc1C(=O)c1ccccc1.Fc1ccccc1. The van der Waals surface area contributed by atoms with Crippen molar-refractivity contribution in [2.45, 2.75) is 32.6 Å². The van der Waals surface area contributed by atoms with Crippen LogP contribution in [0.25, 0.3) is 0 Å². The van der Waals surface area contributed by atoms with Crippen LogP contribution in [0.15, 0.2) is 84.9 Å². The first kappa shape index (κ1) is 19.6. The van der Waals surface area contributed by atoms with Crippen LogP contribution >= 0.6 is 0 Å². The maximum Gasteiger partial charge on any atom is 0.193 e. The Balaban J connectivity index is 0.000000290. The number of rotatable bonds is 6. The van der Waals surface area contributed by atoms with Crippen molar-refractivity contribution in [2.24, 2.45) is 0 Å². The van der Waals surface area contributed by atoms with Crippen LogP contribution in [0.2, 0.25) is 0 Å². The average molecular weight is 348 g/mol. The number of hydrogen-bond donors (Lipinski definition) is 0. The molecule has 3 rings (SSSR count). The first-order chi connectivity index (χ1) is 12.7. The zero-order valence-electron chi connectivity index (χ0n) is 15.2. The van der Waals surface area contributed by atoms with Crippen molar-refractivity contribution in [3.8, 4) is 0 Å². The van der Waals surface area contributed by atoms with Gasteiger partial charge in [0.2, 0.25) is 0 Å². The third kappa shape index (κ3) is 6.29. The number of hydrogen-bond acceptors (Lipinski definition) is 1. The maximum atomic E-state index is 12.5. The number of halogens is 1. The molecule has 0 aliphatic carbocycles. The molecule has 0 unspecified atom stereocenters. The lowest BCUT2D eigenvalue weighted by Crippen LogP contribution is -2.05. The zero-order chi connectivity index (χ0) is 18.6. The van der Waals surface area contributed by atoms with E-state index in [4.69, 9.17) is 0 Å². The fourth-order valence-corrected chi connectivity index (χ4v) is 2.68. The fraction of sp³-hybridized carbons (Fsp3) is 0.208. The minimum absolute atomic E-state index is 0.132. The van der Waals surface area contributed by atoms with Crippen molar-refractivity contribution < 1.29 is 9.18 Å². The Labute approximate surface area is 155 Å². The maximum absolute atomic E-state index is 12.5. The quantitative estimate of drug-likeness (QED) is 0.368. The molecule has 1 nitrogen and oxygen atoms in total. The molecule has 0 fully saturated rings. The van der Waals surface area contributed by atoms with Crippen LogP contribution in [0.5, 0.6) is 0 Å². The molecule has 0 amide bonds. The second-order valence-corrected chi connectivity index (χ2v) is 6.10. The number of unbranched alkanes of at least 4 members (excludes halogenated alkanes) is 2. The van der Waals surface area contributed by atoms with Gasteiger partial charge < -0.3 is 0 Å². The fourth-order valence-electron chi connectivity index (χ4n) is 2.68. The van der Waals surface area contributed by atoms with E-state index >= 15 is 0 Å². The van der Waals surface area contributed by atoms with Crippen molar-refractivity contribution >= 4 is 5.78 Å². The molecule has 0 saturated carbocycles. The van der Waals surface area contributed by atoms with Crippen LogP contribution in [-0.2, 0) is 6.42 Å². The summed E-state index contributed by atoms with van der Waals surface area (Å²) in [5, 5.41) is 0. The second-order valence-electron chi connectivity index (χ2n) is 6.10. The van der Waals surface area contributed by atoms with Gasteiger partial charge in [-0.3, -0.25) is 4.79 Å². The third-order valence-corrected chi connectivity index (χ3v) is 4.08. The molecule has 0 radical (unpaired) electrons. The Hall–Kier alpha value is -2.74. The van der Waals surface area contributed by atoms with E-state index in [0.717, 1.165) is 24.0 Å². The largest absolute Gasteiger partial charge is 0.289 e. The lowest BCUT2D eigenvalue weighted by Gasteiger charge is -2.08. The van der Waals surface area contributed by atoms with Gasteiger partial charge in [-0.25, -0.2) is 4.39 Å². The van der Waals surface area contributed by atoms with E-state index < -0.39 is 0 Å². The number of benzene rings is 3. The third-order valence-electron chi connectivity index (χ3n) is 4.08. The number of carbonyl (C=O) groups excluding carboxylic acids is 1. The molecule has 3 aromatic carbocycles. The van der Waals surface area contributed by atoms with E-state index in [-0.39, 0.29) is 11.6 Å². The van der Waals surface area contributed by atoms with Gasteiger partial charge in [-0.1, -0.05) is 92.6 Å². The summed E-state index contributed by atoms with van der Waals surface area (Å²) in [6.45, 7) is 2.20. The molecule has 0 heterocycles. The minimum atomic E-state index is -0.178. The number of aryl methyl sites for hydroxylation is 1. The molecule has 134 valence electrons. The highest BCUT2D eigenvalue weighted by molar-refractivity contribution is 6.09. The van der Waals surface area contributed by atoms with Crippen molar-refractivity contribution in [2.75, 3.05) is 0 Å². The van der Waals surface area contributed by atoms with Crippen molar-refractivity contribution in [3.05, 3.63) is 107 Å². The molecule has 0 aromatic heterocycles. The molecular weight excluding hydrogens is 323 g/mol. The molecule has 0 aliphatic rings. The Morgan fingerprint density at radius 3 is 1.92 bits per heavy atom. The van der Waals surface area contributed by atoms with E-state index in [1.807, 2.05) is 48.5 Å². The van der Waals surface area contributed by atoms with Crippen LogP contribution < -0.4 is 0 Å². The van der Waals surface area contributed by atoms with Gasteiger partial charge in [0.1, 0.15) is 5.82 Å². The average Bonchev–Trinajstić information content (AvgIpc) is 2.70. The molecule has 26 heavy (non-hydrogen) atoms. The van der Waals surface area contributed by atoms with Crippen molar-refractivity contribution in [1.82, 2.24) is 0 Å². The lowest BCUT2D eigenvalue weighted by atomic mass is 9.95. The summed E-state index contributed by atoms with van der Waals surface area (Å²) < 4.78 is 11.9. The molecule has 2 heteroatoms. The van der Waals surface area contributed by atoms with Gasteiger partial charge in [-0.15, -0.1) is 0 Å². The summed E-state index contributed by atoms with van der Waals surface area (Å²) in [7, 11) is 0. The standard InChI is InChI=1S/C18H20O.C6H5F/c1-2-3-5-10-15-11-8-9-14-17(15)18(19)16-12-6-4-7-13-16;7-6-4-2-1-3-5-6/h4,6-9,11-14H,2-3,5,10H2,1H3;1-5H. The van der Waals surface area contributed by atoms with Crippen LogP contribution in [0, 0.1) is 5.82 Å². The highest BCUT2D eigenvalue weighted by Gasteiger charge is 2.12. The summed E-state index contributed by atoms with van der Waals surface area (Å²) in [6, 6.07) is 25.4. The molecule has 0 atom stereocenters. The second kappa shape index (κ2) is 11.0. The van der Waals surface area contributed by atoms with E-state index in [0.29, 0.717) is 0 Å². The highest BCUT2D eigenvalue weighted by Crippen LogP contribution is 2.17. The van der Waals surface area contributed by atoms with Gasteiger partial charge >= 0.3 is 0 Å². The molecule has 0 spiro atoms. The molecular formula is C24H25FO. The van der Waals surface area contributed by atoms with E-state index in [1.54, 1.807) is 18.2 Å². The summed E-state index contributed by atoms with van der Waals surface area (Å²) in [6.07, 6.45) is 4.56. The molecule has 0 bridgehead atoms. The van der Waals surface area contributed by atoms with Crippen LogP contribution in [0.1, 0.15) is 47.7 Å². The number of ketones is 1. The molecule has 0 N–H and O–H groups in total. The van der Waals surface area contributed by atoms with E-state index in [2.05, 4.69) is 13.0 Å². The Kier molecular flexibility index (Phi) is 8.28. The topological polar surface area (TPSA) is 17.1 Å². The van der Waals surface area contributed by atoms with Gasteiger partial charge in [0, 0.05) is 11.1 Å². The lowest BCUT2D eigenvalue weighted by molar-refractivity contribution is 0.103. The molecule has 0 saturated heterocycles. The highest BCUT2D eigenvalue weighted by atomic mass is 19.1. The summed E-state index contributed by atoms with van der Waals surface area (Å²) in [5.74, 6) is -0.0461. The molecule has 0 aliphatic heterocycles. The van der Waals surface area contributed by atoms with Gasteiger partial charge in [-0.2, -0.15) is 0 Å². The van der Waals surface area contributed by atoms with Gasteiger partial charge in [0.15, 0.2) is 5.78 Å². The smallest absolute Gasteiger partial charge is 0.193 e. The summed E-state index contributed by atoms with van der Waals surface area (Å²) in [4.78, 5) is 12.5. The predicted octanol–water partition coefficient (Wildman–Crippen LogP) is 6.48. The van der Waals surface area contributed by atoms with Crippen LogP contribution in [-0.4, -0.2) is 5.78 Å². The summed E-state index contributed by atoms with van der Waals surface area (Å²) >= 11 is 0. The van der Waals surface area contributed by atoms with Gasteiger partial charge in [0.05, 0.1) is 0 Å². The first-order valence-electron chi connectivity index (χ1n) is 9.10. The first-order valence-corrected chi connectivity index (χ1v) is 9.10. The van der Waals surface area contributed by atoms with Crippen molar-refractivity contribution in [1.29, 1.82) is 0 Å². The van der Waals surface area contributed by atoms with E-state index in [1.165, 1.54) is 30.5 Å². The normalized spacial score (nSPS) is 9.92. The Morgan fingerprint density at radius 1 is 0.769 bits per heavy atom. The minimum Gasteiger partial charge on any atom is -0.289 e. The Bertz CT molecular complexity index is 782.